The number of fused-ring (bicyclic) bond motifs is 2. The van der Waals surface area contributed by atoms with Gasteiger partial charge in [0.15, 0.2) is 0 Å². The normalized spacial score (nSPS) is 22.3. The first-order chi connectivity index (χ1) is 7.84. The van der Waals surface area contributed by atoms with Crippen LogP contribution in [0.5, 0.6) is 0 Å². The topological polar surface area (TPSA) is 12.0 Å². The molecule has 16 heavy (non-hydrogen) atoms. The molecule has 0 saturated heterocycles. The van der Waals surface area contributed by atoms with Crippen molar-refractivity contribution in [2.75, 3.05) is 6.54 Å². The smallest absolute Gasteiger partial charge is 0.0208 e. The van der Waals surface area contributed by atoms with Crippen molar-refractivity contribution in [2.45, 2.75) is 51.0 Å². The van der Waals surface area contributed by atoms with E-state index in [1.165, 1.54) is 37.8 Å². The predicted molar refractivity (Wildman–Crippen MR) is 67.7 cm³/mol. The number of aryl methyl sites for hydroxylation is 1. The summed E-state index contributed by atoms with van der Waals surface area (Å²) >= 11 is 0. The third kappa shape index (κ3) is 1.49. The largest absolute Gasteiger partial charge is 0.312 e. The average Bonchev–Trinajstić information content (AvgIpc) is 2.78. The number of hydrogen-bond donors (Lipinski definition) is 1. The summed E-state index contributed by atoms with van der Waals surface area (Å²) in [5.74, 6) is 0. The molecule has 1 fully saturated rings. The minimum Gasteiger partial charge on any atom is -0.312 e. The van der Waals surface area contributed by atoms with Gasteiger partial charge in [0.05, 0.1) is 0 Å². The Bertz CT molecular complexity index is 388. The highest BCUT2D eigenvalue weighted by Gasteiger charge is 2.38. The van der Waals surface area contributed by atoms with Gasteiger partial charge in [-0.2, -0.15) is 0 Å². The number of benzene rings is 1. The van der Waals surface area contributed by atoms with Crippen LogP contribution in [0.25, 0.3) is 0 Å². The van der Waals surface area contributed by atoms with Crippen LogP contribution in [0.2, 0.25) is 0 Å². The van der Waals surface area contributed by atoms with Crippen LogP contribution in [0, 0.1) is 0 Å². The van der Waals surface area contributed by atoms with Crippen molar-refractivity contribution < 1.29 is 0 Å². The van der Waals surface area contributed by atoms with E-state index in [9.17, 15) is 0 Å². The Hall–Kier alpha value is -0.820. The van der Waals surface area contributed by atoms with Crippen molar-refractivity contribution in [2.24, 2.45) is 0 Å². The first kappa shape index (κ1) is 10.3. The van der Waals surface area contributed by atoms with E-state index in [1.807, 2.05) is 0 Å². The second-order valence-corrected chi connectivity index (χ2v) is 5.44. The summed E-state index contributed by atoms with van der Waals surface area (Å²) in [6.07, 6.45) is 6.75. The number of nitrogens with one attached hydrogen (secondary N) is 1. The summed E-state index contributed by atoms with van der Waals surface area (Å²) in [5, 5.41) is 3.63. The van der Waals surface area contributed by atoms with Gasteiger partial charge in [-0.15, -0.1) is 0 Å². The molecule has 86 valence electrons. The fourth-order valence-electron chi connectivity index (χ4n) is 3.56. The summed E-state index contributed by atoms with van der Waals surface area (Å²) < 4.78 is 0. The Morgan fingerprint density at radius 1 is 1.25 bits per heavy atom. The SMILES string of the molecule is CCc1ccc2c(c1)CNCC21CCCC1. The van der Waals surface area contributed by atoms with Gasteiger partial charge in [-0.1, -0.05) is 38.0 Å². The van der Waals surface area contributed by atoms with E-state index in [-0.39, 0.29) is 0 Å². The zero-order valence-electron chi connectivity index (χ0n) is 10.2. The highest BCUT2D eigenvalue weighted by Crippen LogP contribution is 2.43. The van der Waals surface area contributed by atoms with Crippen LogP contribution in [-0.2, 0) is 18.4 Å². The molecule has 1 saturated carbocycles. The summed E-state index contributed by atoms with van der Waals surface area (Å²) in [6.45, 7) is 4.51. The van der Waals surface area contributed by atoms with Crippen LogP contribution in [-0.4, -0.2) is 6.54 Å². The van der Waals surface area contributed by atoms with Gasteiger partial charge in [0, 0.05) is 18.5 Å². The highest BCUT2D eigenvalue weighted by molar-refractivity contribution is 5.40. The number of rotatable bonds is 1. The molecule has 1 nitrogen and oxygen atoms in total. The Kier molecular flexibility index (Phi) is 2.51. The maximum atomic E-state index is 3.63. The lowest BCUT2D eigenvalue weighted by Gasteiger charge is -2.36. The molecule has 0 unspecified atom stereocenters. The minimum absolute atomic E-state index is 0.486. The molecule has 1 aliphatic heterocycles. The van der Waals surface area contributed by atoms with Crippen molar-refractivity contribution in [3.63, 3.8) is 0 Å². The van der Waals surface area contributed by atoms with Crippen LogP contribution in [0.1, 0.15) is 49.3 Å². The van der Waals surface area contributed by atoms with Gasteiger partial charge in [-0.3, -0.25) is 0 Å². The lowest BCUT2D eigenvalue weighted by atomic mass is 9.74. The van der Waals surface area contributed by atoms with Gasteiger partial charge in [0.1, 0.15) is 0 Å². The maximum Gasteiger partial charge on any atom is 0.0208 e. The van der Waals surface area contributed by atoms with Gasteiger partial charge >= 0.3 is 0 Å². The van der Waals surface area contributed by atoms with E-state index in [4.69, 9.17) is 0 Å². The molecule has 1 spiro atoms. The van der Waals surface area contributed by atoms with Crippen LogP contribution in [0.15, 0.2) is 18.2 Å². The predicted octanol–water partition coefficient (Wildman–Crippen LogP) is 3.16. The van der Waals surface area contributed by atoms with Crippen LogP contribution in [0.4, 0.5) is 0 Å². The summed E-state index contributed by atoms with van der Waals surface area (Å²) in [7, 11) is 0. The standard InChI is InChI=1S/C15H21N/c1-2-12-5-6-14-13(9-12)10-16-11-15(14)7-3-4-8-15/h5-6,9,16H,2-4,7-8,10-11H2,1H3. The van der Waals surface area contributed by atoms with E-state index in [0.29, 0.717) is 5.41 Å². The maximum absolute atomic E-state index is 3.63. The monoisotopic (exact) mass is 215 g/mol. The van der Waals surface area contributed by atoms with E-state index < -0.39 is 0 Å². The second kappa shape index (κ2) is 3.89. The van der Waals surface area contributed by atoms with E-state index >= 15 is 0 Å². The van der Waals surface area contributed by atoms with Crippen molar-refractivity contribution in [3.8, 4) is 0 Å². The summed E-state index contributed by atoms with van der Waals surface area (Å²) in [6, 6.07) is 7.17. The molecule has 1 heteroatoms. The lowest BCUT2D eigenvalue weighted by Crippen LogP contribution is -2.41. The minimum atomic E-state index is 0.486. The Balaban J connectivity index is 2.05. The molecule has 3 rings (SSSR count). The molecule has 1 N–H and O–H groups in total. The van der Waals surface area contributed by atoms with Crippen molar-refractivity contribution >= 4 is 0 Å². The molecule has 1 heterocycles. The Morgan fingerprint density at radius 3 is 2.81 bits per heavy atom. The Morgan fingerprint density at radius 2 is 2.06 bits per heavy atom. The van der Waals surface area contributed by atoms with Gasteiger partial charge in [0.2, 0.25) is 0 Å². The average molecular weight is 215 g/mol. The third-order valence-electron chi connectivity index (χ3n) is 4.49. The number of hydrogen-bond acceptors (Lipinski definition) is 1. The molecule has 1 aromatic carbocycles. The molecular formula is C15H21N. The van der Waals surface area contributed by atoms with Gasteiger partial charge < -0.3 is 5.32 Å². The molecule has 0 bridgehead atoms. The van der Waals surface area contributed by atoms with Crippen molar-refractivity contribution in [3.05, 3.63) is 34.9 Å². The first-order valence-corrected chi connectivity index (χ1v) is 6.67. The second-order valence-electron chi connectivity index (χ2n) is 5.44. The van der Waals surface area contributed by atoms with Gasteiger partial charge in [-0.05, 0) is 36.0 Å². The molecule has 0 aromatic heterocycles. The molecular weight excluding hydrogens is 194 g/mol. The first-order valence-electron chi connectivity index (χ1n) is 6.67. The zero-order valence-corrected chi connectivity index (χ0v) is 10.2. The molecule has 0 amide bonds. The van der Waals surface area contributed by atoms with Crippen molar-refractivity contribution in [1.82, 2.24) is 5.32 Å². The van der Waals surface area contributed by atoms with Gasteiger partial charge in [0.25, 0.3) is 0 Å². The summed E-state index contributed by atoms with van der Waals surface area (Å²) in [4.78, 5) is 0. The molecule has 1 aromatic rings. The molecule has 1 aliphatic carbocycles. The molecule has 0 radical (unpaired) electrons. The third-order valence-corrected chi connectivity index (χ3v) is 4.49. The lowest BCUT2D eigenvalue weighted by molar-refractivity contribution is 0.377. The van der Waals surface area contributed by atoms with Crippen molar-refractivity contribution in [1.29, 1.82) is 0 Å². The van der Waals surface area contributed by atoms with Crippen LogP contribution < -0.4 is 5.32 Å². The Labute approximate surface area is 98.3 Å². The van der Waals surface area contributed by atoms with E-state index in [2.05, 4.69) is 30.4 Å². The van der Waals surface area contributed by atoms with E-state index in [0.717, 1.165) is 13.0 Å². The fraction of sp³-hybridized carbons (Fsp3) is 0.600. The van der Waals surface area contributed by atoms with Crippen LogP contribution in [0.3, 0.4) is 0 Å². The quantitative estimate of drug-likeness (QED) is 0.758. The molecule has 2 aliphatic rings. The molecule has 0 atom stereocenters. The highest BCUT2D eigenvalue weighted by atomic mass is 14.9. The van der Waals surface area contributed by atoms with E-state index in [1.54, 1.807) is 11.1 Å². The fourth-order valence-corrected chi connectivity index (χ4v) is 3.56. The van der Waals surface area contributed by atoms with Crippen LogP contribution >= 0.6 is 0 Å². The van der Waals surface area contributed by atoms with Gasteiger partial charge in [-0.25, -0.2) is 0 Å². The zero-order chi connectivity index (χ0) is 11.0. The summed E-state index contributed by atoms with van der Waals surface area (Å²) in [5.41, 5.74) is 5.18.